The van der Waals surface area contributed by atoms with Crippen LogP contribution in [0.1, 0.15) is 47.4 Å². The van der Waals surface area contributed by atoms with E-state index in [1.807, 2.05) is 29.1 Å². The SMILES string of the molecule is CCC(C)n1nccc1NC(=O)c1cccc(OCc2csc(C)n2)c1. The predicted octanol–water partition coefficient (Wildman–Crippen LogP) is 4.45. The molecule has 2 heterocycles. The molecule has 0 spiro atoms. The molecule has 6 nitrogen and oxygen atoms in total. The van der Waals surface area contributed by atoms with E-state index in [2.05, 4.69) is 29.2 Å². The van der Waals surface area contributed by atoms with Crippen molar-refractivity contribution in [1.29, 1.82) is 0 Å². The molecule has 3 rings (SSSR count). The van der Waals surface area contributed by atoms with E-state index in [-0.39, 0.29) is 11.9 Å². The van der Waals surface area contributed by atoms with Crippen LogP contribution in [-0.4, -0.2) is 20.7 Å². The summed E-state index contributed by atoms with van der Waals surface area (Å²) in [7, 11) is 0. The number of aromatic nitrogens is 3. The summed E-state index contributed by atoms with van der Waals surface area (Å²) in [6.07, 6.45) is 2.63. The maximum absolute atomic E-state index is 12.6. The topological polar surface area (TPSA) is 69.0 Å². The van der Waals surface area contributed by atoms with Gasteiger partial charge in [0.2, 0.25) is 0 Å². The largest absolute Gasteiger partial charge is 0.487 e. The molecular weight excluding hydrogens is 348 g/mol. The quantitative estimate of drug-likeness (QED) is 0.667. The number of hydrogen-bond donors (Lipinski definition) is 1. The van der Waals surface area contributed by atoms with Crippen molar-refractivity contribution in [3.63, 3.8) is 0 Å². The van der Waals surface area contributed by atoms with Gasteiger partial charge in [-0.2, -0.15) is 5.10 Å². The van der Waals surface area contributed by atoms with Crippen molar-refractivity contribution >= 4 is 23.1 Å². The summed E-state index contributed by atoms with van der Waals surface area (Å²) >= 11 is 1.59. The third-order valence-corrected chi connectivity index (χ3v) is 4.89. The molecule has 0 bridgehead atoms. The fourth-order valence-electron chi connectivity index (χ4n) is 2.48. The number of carbonyl (C=O) groups excluding carboxylic acids is 1. The van der Waals surface area contributed by atoms with E-state index in [0.717, 1.165) is 17.1 Å². The third kappa shape index (κ3) is 4.29. The Morgan fingerprint density at radius 2 is 2.23 bits per heavy atom. The molecule has 0 fully saturated rings. The first-order chi connectivity index (χ1) is 12.6. The molecule has 1 atom stereocenters. The second-order valence-electron chi connectivity index (χ2n) is 6.05. The first-order valence-electron chi connectivity index (χ1n) is 8.55. The fourth-order valence-corrected chi connectivity index (χ4v) is 3.08. The Balaban J connectivity index is 1.67. The van der Waals surface area contributed by atoms with Gasteiger partial charge in [-0.25, -0.2) is 9.67 Å². The zero-order chi connectivity index (χ0) is 18.5. The van der Waals surface area contributed by atoms with Crippen molar-refractivity contribution in [2.75, 3.05) is 5.32 Å². The van der Waals surface area contributed by atoms with Gasteiger partial charge in [0.05, 0.1) is 22.9 Å². The minimum Gasteiger partial charge on any atom is -0.487 e. The number of carbonyl (C=O) groups is 1. The molecule has 136 valence electrons. The molecule has 1 amide bonds. The minimum absolute atomic E-state index is 0.190. The summed E-state index contributed by atoms with van der Waals surface area (Å²) < 4.78 is 7.58. The van der Waals surface area contributed by atoms with Gasteiger partial charge in [0, 0.05) is 17.0 Å². The average Bonchev–Trinajstić information content (AvgIpc) is 3.28. The van der Waals surface area contributed by atoms with E-state index in [1.54, 1.807) is 35.7 Å². The summed E-state index contributed by atoms with van der Waals surface area (Å²) in [4.78, 5) is 17.0. The Morgan fingerprint density at radius 1 is 1.38 bits per heavy atom. The van der Waals surface area contributed by atoms with E-state index < -0.39 is 0 Å². The minimum atomic E-state index is -0.190. The number of benzene rings is 1. The molecule has 2 aromatic heterocycles. The monoisotopic (exact) mass is 370 g/mol. The highest BCUT2D eigenvalue weighted by Gasteiger charge is 2.13. The lowest BCUT2D eigenvalue weighted by Gasteiger charge is -2.14. The molecule has 26 heavy (non-hydrogen) atoms. The molecule has 7 heteroatoms. The summed E-state index contributed by atoms with van der Waals surface area (Å²) in [5.74, 6) is 1.14. The van der Waals surface area contributed by atoms with E-state index in [0.29, 0.717) is 23.7 Å². The Bertz CT molecular complexity index is 887. The van der Waals surface area contributed by atoms with Crippen LogP contribution in [0.4, 0.5) is 5.82 Å². The number of anilines is 1. The van der Waals surface area contributed by atoms with E-state index in [4.69, 9.17) is 4.74 Å². The lowest BCUT2D eigenvalue weighted by Crippen LogP contribution is -2.17. The van der Waals surface area contributed by atoms with Crippen molar-refractivity contribution in [1.82, 2.24) is 14.8 Å². The van der Waals surface area contributed by atoms with Gasteiger partial charge >= 0.3 is 0 Å². The van der Waals surface area contributed by atoms with Gasteiger partial charge in [-0.1, -0.05) is 13.0 Å². The second-order valence-corrected chi connectivity index (χ2v) is 7.11. The maximum Gasteiger partial charge on any atom is 0.256 e. The molecule has 1 N–H and O–H groups in total. The van der Waals surface area contributed by atoms with Gasteiger partial charge in [0.1, 0.15) is 18.2 Å². The molecule has 1 aromatic carbocycles. The predicted molar refractivity (Wildman–Crippen MR) is 103 cm³/mol. The van der Waals surface area contributed by atoms with E-state index in [9.17, 15) is 4.79 Å². The molecular formula is C19H22N4O2S. The van der Waals surface area contributed by atoms with Gasteiger partial charge in [0.15, 0.2) is 0 Å². The Kier molecular flexibility index (Phi) is 5.68. The van der Waals surface area contributed by atoms with Crippen molar-refractivity contribution in [3.05, 3.63) is 58.2 Å². The normalized spacial score (nSPS) is 12.0. The van der Waals surface area contributed by atoms with Gasteiger partial charge in [-0.3, -0.25) is 4.79 Å². The Hall–Kier alpha value is -2.67. The number of amides is 1. The fraction of sp³-hybridized carbons (Fsp3) is 0.316. The molecule has 0 radical (unpaired) electrons. The Labute approximate surface area is 156 Å². The first kappa shape index (κ1) is 18.1. The molecule has 3 aromatic rings. The molecule has 0 aliphatic rings. The number of nitrogens with zero attached hydrogens (tertiary/aromatic N) is 3. The zero-order valence-electron chi connectivity index (χ0n) is 15.1. The van der Waals surface area contributed by atoms with Crippen LogP contribution >= 0.6 is 11.3 Å². The van der Waals surface area contributed by atoms with Crippen LogP contribution in [0.5, 0.6) is 5.75 Å². The van der Waals surface area contributed by atoms with E-state index >= 15 is 0 Å². The summed E-state index contributed by atoms with van der Waals surface area (Å²) in [5, 5.41) is 10.2. The van der Waals surface area contributed by atoms with Crippen LogP contribution in [0.3, 0.4) is 0 Å². The van der Waals surface area contributed by atoms with Crippen LogP contribution in [0.15, 0.2) is 41.9 Å². The van der Waals surface area contributed by atoms with Crippen molar-refractivity contribution < 1.29 is 9.53 Å². The van der Waals surface area contributed by atoms with Crippen LogP contribution in [-0.2, 0) is 6.61 Å². The van der Waals surface area contributed by atoms with Crippen molar-refractivity contribution in [2.24, 2.45) is 0 Å². The number of aryl methyl sites for hydroxylation is 1. The van der Waals surface area contributed by atoms with Gasteiger partial charge < -0.3 is 10.1 Å². The summed E-state index contributed by atoms with van der Waals surface area (Å²) in [6.45, 7) is 6.50. The van der Waals surface area contributed by atoms with Gasteiger partial charge in [-0.05, 0) is 38.5 Å². The van der Waals surface area contributed by atoms with Crippen LogP contribution in [0.2, 0.25) is 0 Å². The standard InChI is InChI=1S/C19H22N4O2S/c1-4-13(2)23-18(8-9-20-23)22-19(24)15-6-5-7-17(10-15)25-11-16-12-26-14(3)21-16/h5-10,12-13H,4,11H2,1-3H3,(H,22,24). The van der Waals surface area contributed by atoms with Crippen LogP contribution in [0, 0.1) is 6.92 Å². The summed E-state index contributed by atoms with van der Waals surface area (Å²) in [6, 6.07) is 9.16. The van der Waals surface area contributed by atoms with Crippen LogP contribution in [0.25, 0.3) is 0 Å². The number of ether oxygens (including phenoxy) is 1. The van der Waals surface area contributed by atoms with E-state index in [1.165, 1.54) is 0 Å². The van der Waals surface area contributed by atoms with Gasteiger partial charge in [0.25, 0.3) is 5.91 Å². The lowest BCUT2D eigenvalue weighted by atomic mass is 10.2. The average molecular weight is 370 g/mol. The second kappa shape index (κ2) is 8.14. The third-order valence-electron chi connectivity index (χ3n) is 4.07. The number of nitrogens with one attached hydrogen (secondary N) is 1. The van der Waals surface area contributed by atoms with Crippen molar-refractivity contribution in [2.45, 2.75) is 39.8 Å². The van der Waals surface area contributed by atoms with Crippen LogP contribution < -0.4 is 10.1 Å². The van der Waals surface area contributed by atoms with Gasteiger partial charge in [-0.15, -0.1) is 11.3 Å². The highest BCUT2D eigenvalue weighted by molar-refractivity contribution is 7.09. The molecule has 0 aliphatic heterocycles. The van der Waals surface area contributed by atoms with Crippen molar-refractivity contribution in [3.8, 4) is 5.75 Å². The highest BCUT2D eigenvalue weighted by atomic mass is 32.1. The molecule has 0 saturated carbocycles. The zero-order valence-corrected chi connectivity index (χ0v) is 15.9. The lowest BCUT2D eigenvalue weighted by molar-refractivity contribution is 0.102. The molecule has 0 aliphatic carbocycles. The Morgan fingerprint density at radius 3 is 2.96 bits per heavy atom. The number of thiazole rings is 1. The smallest absolute Gasteiger partial charge is 0.256 e. The molecule has 1 unspecified atom stereocenters. The number of hydrogen-bond acceptors (Lipinski definition) is 5. The molecule has 0 saturated heterocycles. The highest BCUT2D eigenvalue weighted by Crippen LogP contribution is 2.20. The number of rotatable bonds is 7. The summed E-state index contributed by atoms with van der Waals surface area (Å²) in [5.41, 5.74) is 1.42. The first-order valence-corrected chi connectivity index (χ1v) is 9.43. The maximum atomic E-state index is 12.6.